The third-order valence-electron chi connectivity index (χ3n) is 4.60. The first-order valence-corrected chi connectivity index (χ1v) is 9.14. The van der Waals surface area contributed by atoms with E-state index >= 15 is 0 Å². The SMILES string of the molecule is Nc1ccccc1Nc1ccccc1-c1ccccc1Nc1ccccc1N. The Bertz CT molecular complexity index is 1020. The van der Waals surface area contributed by atoms with Crippen LogP contribution in [0.3, 0.4) is 0 Å². The second-order valence-corrected chi connectivity index (χ2v) is 6.52. The summed E-state index contributed by atoms with van der Waals surface area (Å²) in [5, 5.41) is 6.93. The average Bonchev–Trinajstić information content (AvgIpc) is 2.72. The molecule has 0 aliphatic heterocycles. The Morgan fingerprint density at radius 3 is 1.11 bits per heavy atom. The van der Waals surface area contributed by atoms with Gasteiger partial charge in [0.25, 0.3) is 0 Å². The molecule has 0 atom stereocenters. The number of para-hydroxylation sites is 6. The predicted molar refractivity (Wildman–Crippen MR) is 120 cm³/mol. The molecule has 0 fully saturated rings. The predicted octanol–water partition coefficient (Wildman–Crippen LogP) is 6.01. The Kier molecular flexibility index (Phi) is 4.85. The van der Waals surface area contributed by atoms with Crippen LogP contribution in [0.25, 0.3) is 11.1 Å². The molecule has 4 heteroatoms. The number of hydrogen-bond donors (Lipinski definition) is 4. The summed E-state index contributed by atoms with van der Waals surface area (Å²) in [5.74, 6) is 0. The maximum Gasteiger partial charge on any atom is 0.0618 e. The number of nitrogens with one attached hydrogen (secondary N) is 2. The molecule has 138 valence electrons. The highest BCUT2D eigenvalue weighted by molar-refractivity contribution is 5.91. The summed E-state index contributed by atoms with van der Waals surface area (Å²) < 4.78 is 0. The quantitative estimate of drug-likeness (QED) is 0.327. The number of hydrogen-bond acceptors (Lipinski definition) is 4. The minimum absolute atomic E-state index is 0.709. The second-order valence-electron chi connectivity index (χ2n) is 6.52. The molecule has 0 saturated heterocycles. The van der Waals surface area contributed by atoms with Crippen molar-refractivity contribution in [2.75, 3.05) is 22.1 Å². The third kappa shape index (κ3) is 3.62. The summed E-state index contributed by atoms with van der Waals surface area (Å²) >= 11 is 0. The van der Waals surface area contributed by atoms with Gasteiger partial charge in [0.1, 0.15) is 0 Å². The van der Waals surface area contributed by atoms with Gasteiger partial charge in [0, 0.05) is 22.5 Å². The van der Waals surface area contributed by atoms with Crippen molar-refractivity contribution in [1.82, 2.24) is 0 Å². The van der Waals surface area contributed by atoms with Gasteiger partial charge in [0.05, 0.1) is 22.7 Å². The van der Waals surface area contributed by atoms with Crippen molar-refractivity contribution in [2.45, 2.75) is 0 Å². The maximum absolute atomic E-state index is 6.12. The van der Waals surface area contributed by atoms with Crippen molar-refractivity contribution < 1.29 is 0 Å². The fraction of sp³-hybridized carbons (Fsp3) is 0. The van der Waals surface area contributed by atoms with Gasteiger partial charge in [-0.3, -0.25) is 0 Å². The van der Waals surface area contributed by atoms with Gasteiger partial charge in [-0.2, -0.15) is 0 Å². The van der Waals surface area contributed by atoms with Crippen LogP contribution in [0.1, 0.15) is 0 Å². The largest absolute Gasteiger partial charge is 0.397 e. The van der Waals surface area contributed by atoms with Crippen molar-refractivity contribution in [1.29, 1.82) is 0 Å². The van der Waals surface area contributed by atoms with E-state index in [0.717, 1.165) is 33.9 Å². The molecule has 0 aromatic heterocycles. The Morgan fingerprint density at radius 2 is 0.714 bits per heavy atom. The summed E-state index contributed by atoms with van der Waals surface area (Å²) in [6.07, 6.45) is 0. The minimum Gasteiger partial charge on any atom is -0.397 e. The van der Waals surface area contributed by atoms with E-state index in [0.29, 0.717) is 11.4 Å². The average molecular weight is 366 g/mol. The van der Waals surface area contributed by atoms with Gasteiger partial charge < -0.3 is 22.1 Å². The number of anilines is 6. The van der Waals surface area contributed by atoms with Crippen LogP contribution in [0.4, 0.5) is 34.1 Å². The van der Waals surface area contributed by atoms with Gasteiger partial charge in [-0.05, 0) is 36.4 Å². The van der Waals surface area contributed by atoms with Gasteiger partial charge in [-0.25, -0.2) is 0 Å². The molecule has 0 amide bonds. The van der Waals surface area contributed by atoms with Crippen molar-refractivity contribution >= 4 is 34.1 Å². The third-order valence-corrected chi connectivity index (χ3v) is 4.60. The lowest BCUT2D eigenvalue weighted by molar-refractivity contribution is 1.51. The van der Waals surface area contributed by atoms with E-state index < -0.39 is 0 Å². The van der Waals surface area contributed by atoms with Crippen LogP contribution in [0.2, 0.25) is 0 Å². The van der Waals surface area contributed by atoms with Gasteiger partial charge in [0.15, 0.2) is 0 Å². The fourth-order valence-electron chi connectivity index (χ4n) is 3.17. The Hall–Kier alpha value is -3.92. The molecule has 4 nitrogen and oxygen atoms in total. The maximum atomic E-state index is 6.12. The van der Waals surface area contributed by atoms with E-state index in [9.17, 15) is 0 Å². The lowest BCUT2D eigenvalue weighted by Crippen LogP contribution is -2.00. The second kappa shape index (κ2) is 7.76. The van der Waals surface area contributed by atoms with E-state index in [1.54, 1.807) is 0 Å². The molecule has 0 aliphatic carbocycles. The van der Waals surface area contributed by atoms with Crippen LogP contribution < -0.4 is 22.1 Å². The normalized spacial score (nSPS) is 10.4. The van der Waals surface area contributed by atoms with Crippen LogP contribution in [-0.4, -0.2) is 0 Å². The molecule has 4 aromatic rings. The Labute approximate surface area is 164 Å². The Morgan fingerprint density at radius 1 is 0.393 bits per heavy atom. The minimum atomic E-state index is 0.709. The molecule has 0 radical (unpaired) electrons. The molecule has 0 bridgehead atoms. The lowest BCUT2D eigenvalue weighted by atomic mass is 10.0. The number of nitrogens with two attached hydrogens (primary N) is 2. The van der Waals surface area contributed by atoms with Crippen molar-refractivity contribution in [2.24, 2.45) is 0 Å². The van der Waals surface area contributed by atoms with E-state index in [-0.39, 0.29) is 0 Å². The molecule has 6 N–H and O–H groups in total. The summed E-state index contributed by atoms with van der Waals surface area (Å²) in [6, 6.07) is 31.9. The highest BCUT2D eigenvalue weighted by Gasteiger charge is 2.11. The zero-order chi connectivity index (χ0) is 19.3. The van der Waals surface area contributed by atoms with Gasteiger partial charge in [0.2, 0.25) is 0 Å². The number of rotatable bonds is 5. The Balaban J connectivity index is 1.75. The number of benzene rings is 4. The summed E-state index contributed by atoms with van der Waals surface area (Å²) in [6.45, 7) is 0. The van der Waals surface area contributed by atoms with Crippen molar-refractivity contribution in [3.8, 4) is 11.1 Å². The van der Waals surface area contributed by atoms with Gasteiger partial charge in [-0.15, -0.1) is 0 Å². The van der Waals surface area contributed by atoms with Crippen molar-refractivity contribution in [3.05, 3.63) is 97.1 Å². The molecule has 4 rings (SSSR count). The summed E-state index contributed by atoms with van der Waals surface area (Å²) in [7, 11) is 0. The van der Waals surface area contributed by atoms with Crippen LogP contribution in [0, 0.1) is 0 Å². The van der Waals surface area contributed by atoms with E-state index in [4.69, 9.17) is 11.5 Å². The molecule has 0 spiro atoms. The van der Waals surface area contributed by atoms with E-state index in [1.807, 2.05) is 72.8 Å². The first-order valence-electron chi connectivity index (χ1n) is 9.14. The van der Waals surface area contributed by atoms with Crippen LogP contribution in [0.15, 0.2) is 97.1 Å². The van der Waals surface area contributed by atoms with Gasteiger partial charge >= 0.3 is 0 Å². The molecular weight excluding hydrogens is 344 g/mol. The smallest absolute Gasteiger partial charge is 0.0618 e. The summed E-state index contributed by atoms with van der Waals surface area (Å²) in [4.78, 5) is 0. The molecule has 4 aromatic carbocycles. The van der Waals surface area contributed by atoms with Crippen LogP contribution in [0.5, 0.6) is 0 Å². The highest BCUT2D eigenvalue weighted by Crippen LogP contribution is 2.37. The molecule has 0 saturated carbocycles. The van der Waals surface area contributed by atoms with Crippen LogP contribution >= 0.6 is 0 Å². The summed E-state index contributed by atoms with van der Waals surface area (Å²) in [5.41, 5.74) is 19.5. The van der Waals surface area contributed by atoms with Gasteiger partial charge in [-0.1, -0.05) is 60.7 Å². The highest BCUT2D eigenvalue weighted by atomic mass is 14.9. The van der Waals surface area contributed by atoms with Crippen molar-refractivity contribution in [3.63, 3.8) is 0 Å². The zero-order valence-corrected chi connectivity index (χ0v) is 15.4. The monoisotopic (exact) mass is 366 g/mol. The first-order chi connectivity index (χ1) is 13.7. The molecular formula is C24H22N4. The molecule has 28 heavy (non-hydrogen) atoms. The van der Waals surface area contributed by atoms with E-state index in [2.05, 4.69) is 34.9 Å². The molecule has 0 heterocycles. The standard InChI is InChI=1S/C24H22N4/c25-19-11-3-7-15-23(19)27-21-13-5-1-9-17(21)18-10-2-6-14-22(18)28-24-16-8-4-12-20(24)26/h1-16,27-28H,25-26H2. The molecule has 0 aliphatic rings. The zero-order valence-electron chi connectivity index (χ0n) is 15.4. The van der Waals surface area contributed by atoms with E-state index in [1.165, 1.54) is 0 Å². The first kappa shape index (κ1) is 17.5. The van der Waals surface area contributed by atoms with Crippen LogP contribution in [-0.2, 0) is 0 Å². The fourth-order valence-corrected chi connectivity index (χ4v) is 3.17. The lowest BCUT2D eigenvalue weighted by Gasteiger charge is -2.18. The number of nitrogen functional groups attached to an aromatic ring is 2. The molecule has 0 unspecified atom stereocenters. The topological polar surface area (TPSA) is 76.1 Å².